The molecule has 0 bridgehead atoms. The highest BCUT2D eigenvalue weighted by Crippen LogP contribution is 2.23. The van der Waals surface area contributed by atoms with E-state index < -0.39 is 0 Å². The number of aryl methyl sites for hydroxylation is 1. The van der Waals surface area contributed by atoms with Gasteiger partial charge in [-0.25, -0.2) is 4.99 Å². The van der Waals surface area contributed by atoms with Gasteiger partial charge in [-0.05, 0) is 58.1 Å². The summed E-state index contributed by atoms with van der Waals surface area (Å²) in [4.78, 5) is 4.75. The molecule has 30 heavy (non-hydrogen) atoms. The van der Waals surface area contributed by atoms with Gasteiger partial charge in [-0.3, -0.25) is 0 Å². The number of hydrogen-bond acceptors (Lipinski definition) is 4. The Bertz CT molecular complexity index is 622. The fourth-order valence-electron chi connectivity index (χ4n) is 3.08. The lowest BCUT2D eigenvalue weighted by molar-refractivity contribution is -0.0320. The van der Waals surface area contributed by atoms with Gasteiger partial charge < -0.3 is 24.8 Å². The molecule has 1 aliphatic heterocycles. The van der Waals surface area contributed by atoms with Crippen molar-refractivity contribution < 1.29 is 14.2 Å². The molecule has 0 aliphatic carbocycles. The highest BCUT2D eigenvalue weighted by Gasteiger charge is 2.13. The van der Waals surface area contributed by atoms with Gasteiger partial charge in [0.05, 0.1) is 18.8 Å². The number of nitrogens with one attached hydrogen (secondary N) is 2. The molecular weight excluding hydrogens is 493 g/mol. The standard InChI is InChI=1S/C23H39N3O3.HI/c1-5-19(4)29-22-16-18(3)8-9-20(22)17-26-23(24-6-2)25-12-7-13-28-21-10-14-27-15-11-21;/h8-9,16,19,21H,5-7,10-15,17H2,1-4H3,(H2,24,25,26);1H. The van der Waals surface area contributed by atoms with Crippen LogP contribution >= 0.6 is 24.0 Å². The molecule has 0 saturated carbocycles. The normalized spacial score (nSPS) is 15.9. The minimum Gasteiger partial charge on any atom is -0.490 e. The Hall–Kier alpha value is -1.06. The van der Waals surface area contributed by atoms with Crippen LogP contribution in [-0.4, -0.2) is 51.1 Å². The van der Waals surface area contributed by atoms with E-state index in [1.807, 2.05) is 0 Å². The smallest absolute Gasteiger partial charge is 0.191 e. The van der Waals surface area contributed by atoms with E-state index in [0.717, 1.165) is 75.9 Å². The van der Waals surface area contributed by atoms with E-state index in [9.17, 15) is 0 Å². The van der Waals surface area contributed by atoms with E-state index >= 15 is 0 Å². The van der Waals surface area contributed by atoms with Gasteiger partial charge in [-0.15, -0.1) is 24.0 Å². The van der Waals surface area contributed by atoms with Crippen LogP contribution < -0.4 is 15.4 Å². The van der Waals surface area contributed by atoms with Gasteiger partial charge in [0, 0.05) is 38.5 Å². The quantitative estimate of drug-likeness (QED) is 0.191. The van der Waals surface area contributed by atoms with Crippen molar-refractivity contribution in [3.63, 3.8) is 0 Å². The summed E-state index contributed by atoms with van der Waals surface area (Å²) in [5.74, 6) is 1.76. The van der Waals surface area contributed by atoms with Crippen LogP contribution in [0.15, 0.2) is 23.2 Å². The zero-order valence-corrected chi connectivity index (χ0v) is 21.4. The van der Waals surface area contributed by atoms with E-state index in [-0.39, 0.29) is 30.1 Å². The predicted molar refractivity (Wildman–Crippen MR) is 134 cm³/mol. The third kappa shape index (κ3) is 10.3. The van der Waals surface area contributed by atoms with Crippen LogP contribution in [-0.2, 0) is 16.0 Å². The van der Waals surface area contributed by atoms with E-state index in [1.54, 1.807) is 0 Å². The maximum Gasteiger partial charge on any atom is 0.191 e. The third-order valence-electron chi connectivity index (χ3n) is 5.01. The van der Waals surface area contributed by atoms with Crippen molar-refractivity contribution in [2.24, 2.45) is 4.99 Å². The van der Waals surface area contributed by atoms with Crippen molar-refractivity contribution in [2.45, 2.75) is 72.1 Å². The first-order valence-corrected chi connectivity index (χ1v) is 11.1. The van der Waals surface area contributed by atoms with E-state index in [0.29, 0.717) is 12.6 Å². The first kappa shape index (κ1) is 27.0. The van der Waals surface area contributed by atoms with E-state index in [2.05, 4.69) is 56.5 Å². The molecule has 0 spiro atoms. The predicted octanol–water partition coefficient (Wildman–Crippen LogP) is 4.43. The van der Waals surface area contributed by atoms with Crippen molar-refractivity contribution in [1.82, 2.24) is 10.6 Å². The highest BCUT2D eigenvalue weighted by atomic mass is 127. The highest BCUT2D eigenvalue weighted by molar-refractivity contribution is 14.0. The van der Waals surface area contributed by atoms with Gasteiger partial charge in [0.1, 0.15) is 5.75 Å². The summed E-state index contributed by atoms with van der Waals surface area (Å²) in [7, 11) is 0. The first-order chi connectivity index (χ1) is 14.1. The van der Waals surface area contributed by atoms with Gasteiger partial charge in [-0.1, -0.05) is 19.1 Å². The van der Waals surface area contributed by atoms with Gasteiger partial charge >= 0.3 is 0 Å². The van der Waals surface area contributed by atoms with Crippen molar-refractivity contribution in [3.05, 3.63) is 29.3 Å². The van der Waals surface area contributed by atoms with Gasteiger partial charge in [0.2, 0.25) is 0 Å². The van der Waals surface area contributed by atoms with Crippen LogP contribution in [0.2, 0.25) is 0 Å². The Kier molecular flexibility index (Phi) is 14.1. The third-order valence-corrected chi connectivity index (χ3v) is 5.01. The minimum absolute atomic E-state index is 0. The van der Waals surface area contributed by atoms with Crippen molar-refractivity contribution in [3.8, 4) is 5.75 Å². The minimum atomic E-state index is 0. The zero-order chi connectivity index (χ0) is 20.9. The average molecular weight is 533 g/mol. The molecule has 172 valence electrons. The van der Waals surface area contributed by atoms with Crippen LogP contribution in [0.3, 0.4) is 0 Å². The number of rotatable bonds is 11. The Balaban J connectivity index is 0.00000450. The maximum atomic E-state index is 6.10. The lowest BCUT2D eigenvalue weighted by Gasteiger charge is -2.22. The fourth-order valence-corrected chi connectivity index (χ4v) is 3.08. The number of guanidine groups is 1. The maximum absolute atomic E-state index is 6.10. The number of halogens is 1. The molecule has 7 heteroatoms. The van der Waals surface area contributed by atoms with Gasteiger partial charge in [0.25, 0.3) is 0 Å². The first-order valence-electron chi connectivity index (χ1n) is 11.1. The summed E-state index contributed by atoms with van der Waals surface area (Å²) in [6, 6.07) is 6.33. The van der Waals surface area contributed by atoms with Crippen molar-refractivity contribution in [2.75, 3.05) is 32.9 Å². The molecule has 1 heterocycles. The summed E-state index contributed by atoms with van der Waals surface area (Å²) in [6.07, 6.45) is 4.51. The summed E-state index contributed by atoms with van der Waals surface area (Å²) in [5, 5.41) is 6.72. The summed E-state index contributed by atoms with van der Waals surface area (Å²) in [6.45, 7) is 13.1. The molecule has 6 nitrogen and oxygen atoms in total. The molecule has 0 aromatic heterocycles. The summed E-state index contributed by atoms with van der Waals surface area (Å²) in [5.41, 5.74) is 2.31. The van der Waals surface area contributed by atoms with Gasteiger partial charge in [-0.2, -0.15) is 0 Å². The second kappa shape index (κ2) is 15.7. The molecule has 2 N–H and O–H groups in total. The Morgan fingerprint density at radius 3 is 2.70 bits per heavy atom. The van der Waals surface area contributed by atoms with Crippen molar-refractivity contribution in [1.29, 1.82) is 0 Å². The van der Waals surface area contributed by atoms with Gasteiger partial charge in [0.15, 0.2) is 5.96 Å². The molecule has 1 aliphatic rings. The molecule has 0 radical (unpaired) electrons. The summed E-state index contributed by atoms with van der Waals surface area (Å²) < 4.78 is 17.4. The summed E-state index contributed by atoms with van der Waals surface area (Å²) >= 11 is 0. The topological polar surface area (TPSA) is 64.1 Å². The number of nitrogens with zero attached hydrogens (tertiary/aromatic N) is 1. The van der Waals surface area contributed by atoms with E-state index in [4.69, 9.17) is 19.2 Å². The van der Waals surface area contributed by atoms with E-state index in [1.165, 1.54) is 5.56 Å². The molecule has 0 amide bonds. The monoisotopic (exact) mass is 533 g/mol. The Morgan fingerprint density at radius 2 is 2.00 bits per heavy atom. The van der Waals surface area contributed by atoms with Crippen molar-refractivity contribution >= 4 is 29.9 Å². The lowest BCUT2D eigenvalue weighted by atomic mass is 10.1. The lowest BCUT2D eigenvalue weighted by Crippen LogP contribution is -2.38. The van der Waals surface area contributed by atoms with Crippen LogP contribution in [0.4, 0.5) is 0 Å². The fraction of sp³-hybridized carbons (Fsp3) is 0.696. The number of benzene rings is 1. The number of ether oxygens (including phenoxy) is 3. The van der Waals surface area contributed by atoms with Crippen LogP contribution in [0.25, 0.3) is 0 Å². The molecule has 1 saturated heterocycles. The Morgan fingerprint density at radius 1 is 1.23 bits per heavy atom. The van der Waals surface area contributed by atoms with Crippen LogP contribution in [0.5, 0.6) is 5.75 Å². The molecule has 1 aromatic rings. The second-order valence-electron chi connectivity index (χ2n) is 7.61. The number of hydrogen-bond donors (Lipinski definition) is 2. The molecule has 2 rings (SSSR count). The SMILES string of the molecule is CCNC(=NCc1ccc(C)cc1OC(C)CC)NCCCOC1CCOCC1.I. The molecule has 1 fully saturated rings. The van der Waals surface area contributed by atoms with Crippen LogP contribution in [0.1, 0.15) is 57.6 Å². The molecular formula is C23H40IN3O3. The largest absolute Gasteiger partial charge is 0.490 e. The zero-order valence-electron chi connectivity index (χ0n) is 19.0. The molecule has 1 aromatic carbocycles. The molecule has 1 atom stereocenters. The number of aliphatic imine (C=N–C) groups is 1. The average Bonchev–Trinajstić information content (AvgIpc) is 2.73. The Labute approximate surface area is 199 Å². The van der Waals surface area contributed by atoms with Crippen LogP contribution in [0, 0.1) is 6.92 Å². The second-order valence-corrected chi connectivity index (χ2v) is 7.61. The molecule has 1 unspecified atom stereocenters.